The SMILES string of the molecule is O=C(CSc1cc(Cl)ccc1Cl)Nc1cccnc1. The van der Waals surface area contributed by atoms with Gasteiger partial charge in [-0.05, 0) is 30.3 Å². The Balaban J connectivity index is 1.92. The molecule has 0 atom stereocenters. The molecule has 1 heterocycles. The number of rotatable bonds is 4. The van der Waals surface area contributed by atoms with Crippen molar-refractivity contribution in [1.29, 1.82) is 0 Å². The van der Waals surface area contributed by atoms with Gasteiger partial charge in [0.1, 0.15) is 0 Å². The molecule has 1 aromatic heterocycles. The molecule has 0 unspecified atom stereocenters. The first-order valence-corrected chi connectivity index (χ1v) is 7.17. The monoisotopic (exact) mass is 312 g/mol. The molecule has 0 saturated carbocycles. The number of nitrogens with one attached hydrogen (secondary N) is 1. The predicted octanol–water partition coefficient (Wildman–Crippen LogP) is 4.12. The van der Waals surface area contributed by atoms with Gasteiger partial charge in [0, 0.05) is 16.1 Å². The van der Waals surface area contributed by atoms with Crippen LogP contribution in [0.15, 0.2) is 47.6 Å². The number of pyridine rings is 1. The first kappa shape index (κ1) is 14.2. The van der Waals surface area contributed by atoms with E-state index in [1.54, 1.807) is 42.7 Å². The summed E-state index contributed by atoms with van der Waals surface area (Å²) in [6.07, 6.45) is 3.24. The second-order valence-corrected chi connectivity index (χ2v) is 5.51. The molecule has 2 rings (SSSR count). The van der Waals surface area contributed by atoms with Gasteiger partial charge in [-0.1, -0.05) is 23.2 Å². The number of carbonyl (C=O) groups is 1. The zero-order chi connectivity index (χ0) is 13.7. The van der Waals surface area contributed by atoms with Gasteiger partial charge in [-0.2, -0.15) is 0 Å². The van der Waals surface area contributed by atoms with Gasteiger partial charge < -0.3 is 5.32 Å². The van der Waals surface area contributed by atoms with E-state index in [9.17, 15) is 4.79 Å². The molecule has 1 N–H and O–H groups in total. The number of hydrogen-bond acceptors (Lipinski definition) is 3. The van der Waals surface area contributed by atoms with Crippen molar-refractivity contribution < 1.29 is 4.79 Å². The lowest BCUT2D eigenvalue weighted by atomic mass is 10.4. The second-order valence-electron chi connectivity index (χ2n) is 3.65. The largest absolute Gasteiger partial charge is 0.324 e. The Labute approximate surface area is 125 Å². The smallest absolute Gasteiger partial charge is 0.234 e. The first-order valence-electron chi connectivity index (χ1n) is 5.43. The Morgan fingerprint density at radius 1 is 1.32 bits per heavy atom. The van der Waals surface area contributed by atoms with Gasteiger partial charge in [0.25, 0.3) is 0 Å². The summed E-state index contributed by atoms with van der Waals surface area (Å²) in [5.41, 5.74) is 0.672. The van der Waals surface area contributed by atoms with Gasteiger partial charge in [-0.15, -0.1) is 11.8 Å². The number of thioether (sulfide) groups is 1. The van der Waals surface area contributed by atoms with Crippen molar-refractivity contribution in [3.8, 4) is 0 Å². The lowest BCUT2D eigenvalue weighted by Gasteiger charge is -2.06. The van der Waals surface area contributed by atoms with E-state index in [1.165, 1.54) is 11.8 Å². The predicted molar refractivity (Wildman–Crippen MR) is 80.1 cm³/mol. The van der Waals surface area contributed by atoms with E-state index >= 15 is 0 Å². The fraction of sp³-hybridized carbons (Fsp3) is 0.0769. The molecule has 0 saturated heterocycles. The standard InChI is InChI=1S/C13H10Cl2N2OS/c14-9-3-4-11(15)12(6-9)19-8-13(18)17-10-2-1-5-16-7-10/h1-7H,8H2,(H,17,18). The number of anilines is 1. The van der Waals surface area contributed by atoms with Crippen LogP contribution in [-0.4, -0.2) is 16.6 Å². The molecule has 0 spiro atoms. The number of carbonyl (C=O) groups excluding carboxylic acids is 1. The van der Waals surface area contributed by atoms with Crippen LogP contribution in [0.5, 0.6) is 0 Å². The van der Waals surface area contributed by atoms with E-state index in [1.807, 2.05) is 0 Å². The molecule has 0 fully saturated rings. The van der Waals surface area contributed by atoms with E-state index in [4.69, 9.17) is 23.2 Å². The van der Waals surface area contributed by atoms with Crippen LogP contribution in [0.2, 0.25) is 10.0 Å². The molecule has 98 valence electrons. The topological polar surface area (TPSA) is 42.0 Å². The number of halogens is 2. The van der Waals surface area contributed by atoms with Crippen LogP contribution in [-0.2, 0) is 4.79 Å². The van der Waals surface area contributed by atoms with E-state index in [0.29, 0.717) is 15.7 Å². The average Bonchev–Trinajstić information content (AvgIpc) is 2.41. The fourth-order valence-electron chi connectivity index (χ4n) is 1.36. The second kappa shape index (κ2) is 6.80. The van der Waals surface area contributed by atoms with Crippen LogP contribution in [0.25, 0.3) is 0 Å². The average molecular weight is 313 g/mol. The van der Waals surface area contributed by atoms with Crippen molar-refractivity contribution in [2.45, 2.75) is 4.90 Å². The van der Waals surface area contributed by atoms with E-state index in [2.05, 4.69) is 10.3 Å². The van der Waals surface area contributed by atoms with Gasteiger partial charge in [0.2, 0.25) is 5.91 Å². The van der Waals surface area contributed by atoms with E-state index in [-0.39, 0.29) is 11.7 Å². The lowest BCUT2D eigenvalue weighted by Crippen LogP contribution is -2.14. The zero-order valence-corrected chi connectivity index (χ0v) is 12.1. The molecule has 6 heteroatoms. The maximum Gasteiger partial charge on any atom is 0.234 e. The number of benzene rings is 1. The molecular weight excluding hydrogens is 303 g/mol. The van der Waals surface area contributed by atoms with Gasteiger partial charge in [0.05, 0.1) is 22.7 Å². The minimum absolute atomic E-state index is 0.117. The molecule has 3 nitrogen and oxygen atoms in total. The van der Waals surface area contributed by atoms with E-state index < -0.39 is 0 Å². The van der Waals surface area contributed by atoms with Gasteiger partial charge >= 0.3 is 0 Å². The van der Waals surface area contributed by atoms with Gasteiger partial charge in [-0.25, -0.2) is 0 Å². The fourth-order valence-corrected chi connectivity index (χ4v) is 2.66. The van der Waals surface area contributed by atoms with Crippen LogP contribution in [0, 0.1) is 0 Å². The van der Waals surface area contributed by atoms with Crippen LogP contribution in [0.3, 0.4) is 0 Å². The Bertz CT molecular complexity index is 578. The Hall–Kier alpha value is -1.23. The summed E-state index contributed by atoms with van der Waals surface area (Å²) < 4.78 is 0. The summed E-state index contributed by atoms with van der Waals surface area (Å²) in [5, 5.41) is 3.93. The first-order chi connectivity index (χ1) is 9.15. The highest BCUT2D eigenvalue weighted by molar-refractivity contribution is 8.00. The zero-order valence-electron chi connectivity index (χ0n) is 9.77. The third-order valence-electron chi connectivity index (χ3n) is 2.20. The number of aromatic nitrogens is 1. The maximum atomic E-state index is 11.7. The third kappa shape index (κ3) is 4.42. The summed E-state index contributed by atoms with van der Waals surface area (Å²) in [7, 11) is 0. The summed E-state index contributed by atoms with van der Waals surface area (Å²) in [4.78, 5) is 16.5. The van der Waals surface area contributed by atoms with Crippen LogP contribution in [0.1, 0.15) is 0 Å². The molecule has 0 radical (unpaired) electrons. The Morgan fingerprint density at radius 2 is 2.16 bits per heavy atom. The molecule has 0 aliphatic rings. The van der Waals surface area contributed by atoms with Crippen LogP contribution >= 0.6 is 35.0 Å². The summed E-state index contributed by atoms with van der Waals surface area (Å²) in [5.74, 6) is 0.142. The quantitative estimate of drug-likeness (QED) is 0.863. The highest BCUT2D eigenvalue weighted by Crippen LogP contribution is 2.29. The highest BCUT2D eigenvalue weighted by atomic mass is 35.5. The van der Waals surface area contributed by atoms with Crippen molar-refractivity contribution in [3.63, 3.8) is 0 Å². The molecular formula is C13H10Cl2N2OS. The van der Waals surface area contributed by atoms with Crippen molar-refractivity contribution in [2.24, 2.45) is 0 Å². The van der Waals surface area contributed by atoms with E-state index in [0.717, 1.165) is 4.90 Å². The number of amides is 1. The molecule has 2 aromatic rings. The molecule has 1 amide bonds. The highest BCUT2D eigenvalue weighted by Gasteiger charge is 2.07. The minimum atomic E-state index is -0.117. The molecule has 19 heavy (non-hydrogen) atoms. The number of nitrogens with zero attached hydrogens (tertiary/aromatic N) is 1. The maximum absolute atomic E-state index is 11.7. The number of hydrogen-bond donors (Lipinski definition) is 1. The third-order valence-corrected chi connectivity index (χ3v) is 3.93. The van der Waals surface area contributed by atoms with Gasteiger partial charge in [-0.3, -0.25) is 9.78 Å². The summed E-state index contributed by atoms with van der Waals surface area (Å²) in [6, 6.07) is 8.71. The molecule has 1 aromatic carbocycles. The van der Waals surface area contributed by atoms with Crippen LogP contribution in [0.4, 0.5) is 5.69 Å². The summed E-state index contributed by atoms with van der Waals surface area (Å²) in [6.45, 7) is 0. The summed E-state index contributed by atoms with van der Waals surface area (Å²) >= 11 is 13.2. The Kier molecular flexibility index (Phi) is 5.07. The normalized spacial score (nSPS) is 10.2. The van der Waals surface area contributed by atoms with Crippen molar-refractivity contribution in [1.82, 2.24) is 4.98 Å². The lowest BCUT2D eigenvalue weighted by molar-refractivity contribution is -0.113. The molecule has 0 aliphatic heterocycles. The van der Waals surface area contributed by atoms with Crippen molar-refractivity contribution in [2.75, 3.05) is 11.1 Å². The Morgan fingerprint density at radius 3 is 2.89 bits per heavy atom. The van der Waals surface area contributed by atoms with Gasteiger partial charge in [0.15, 0.2) is 0 Å². The van der Waals surface area contributed by atoms with Crippen LogP contribution < -0.4 is 5.32 Å². The van der Waals surface area contributed by atoms with Crippen molar-refractivity contribution in [3.05, 3.63) is 52.8 Å². The minimum Gasteiger partial charge on any atom is -0.324 e. The molecule has 0 aliphatic carbocycles. The van der Waals surface area contributed by atoms with Crippen molar-refractivity contribution >= 4 is 46.6 Å². The molecule has 0 bridgehead atoms.